The maximum atomic E-state index is 14.4. The number of piperidine rings is 1. The monoisotopic (exact) mass is 443 g/mol. The molecule has 0 spiro atoms. The van der Waals surface area contributed by atoms with E-state index in [1.54, 1.807) is 36.8 Å². The van der Waals surface area contributed by atoms with Gasteiger partial charge >= 0.3 is 0 Å². The molecular formula is C20H19BrFN5O. The van der Waals surface area contributed by atoms with Crippen molar-refractivity contribution >= 4 is 27.9 Å². The van der Waals surface area contributed by atoms with Crippen LogP contribution >= 0.6 is 15.9 Å². The van der Waals surface area contributed by atoms with Crippen LogP contribution in [0.1, 0.15) is 24.4 Å². The second-order valence-corrected chi connectivity index (χ2v) is 7.63. The lowest BCUT2D eigenvalue weighted by Crippen LogP contribution is -2.37. The van der Waals surface area contributed by atoms with Crippen molar-refractivity contribution in [2.75, 3.05) is 13.1 Å². The summed E-state index contributed by atoms with van der Waals surface area (Å²) >= 11 is 3.30. The first-order valence-corrected chi connectivity index (χ1v) is 9.84. The van der Waals surface area contributed by atoms with Crippen LogP contribution in [-0.2, 0) is 4.79 Å². The first-order chi connectivity index (χ1) is 13.6. The Labute approximate surface area is 170 Å². The highest BCUT2D eigenvalue weighted by atomic mass is 79.9. The molecule has 3 aromatic rings. The van der Waals surface area contributed by atoms with E-state index in [1.807, 2.05) is 17.4 Å². The summed E-state index contributed by atoms with van der Waals surface area (Å²) in [7, 11) is 0. The van der Waals surface area contributed by atoms with Crippen LogP contribution in [0.25, 0.3) is 11.8 Å². The van der Waals surface area contributed by atoms with Crippen molar-refractivity contribution < 1.29 is 9.18 Å². The van der Waals surface area contributed by atoms with E-state index in [-0.39, 0.29) is 5.91 Å². The van der Waals surface area contributed by atoms with Crippen molar-refractivity contribution in [2.24, 2.45) is 0 Å². The zero-order chi connectivity index (χ0) is 19.5. The zero-order valence-corrected chi connectivity index (χ0v) is 16.7. The number of aromatic nitrogens is 4. The summed E-state index contributed by atoms with van der Waals surface area (Å²) in [4.78, 5) is 18.4. The van der Waals surface area contributed by atoms with Crippen molar-refractivity contribution in [1.29, 1.82) is 0 Å². The molecule has 3 heterocycles. The van der Waals surface area contributed by atoms with Gasteiger partial charge in [0.05, 0.1) is 17.0 Å². The molecule has 144 valence electrons. The highest BCUT2D eigenvalue weighted by Gasteiger charge is 2.22. The van der Waals surface area contributed by atoms with Gasteiger partial charge in [-0.2, -0.15) is 5.10 Å². The minimum absolute atomic E-state index is 0.0513. The van der Waals surface area contributed by atoms with Crippen LogP contribution < -0.4 is 0 Å². The maximum Gasteiger partial charge on any atom is 0.246 e. The number of halogens is 2. The number of nitrogens with zero attached hydrogens (tertiary/aromatic N) is 5. The minimum atomic E-state index is -0.397. The van der Waals surface area contributed by atoms with Gasteiger partial charge in [0.15, 0.2) is 0 Å². The number of amides is 1. The normalized spacial score (nSPS) is 15.4. The maximum absolute atomic E-state index is 14.4. The van der Waals surface area contributed by atoms with Crippen LogP contribution in [0.2, 0.25) is 0 Å². The molecule has 0 N–H and O–H groups in total. The van der Waals surface area contributed by atoms with Gasteiger partial charge in [0, 0.05) is 43.8 Å². The van der Waals surface area contributed by atoms with Crippen molar-refractivity contribution in [2.45, 2.75) is 18.9 Å². The lowest BCUT2D eigenvalue weighted by molar-refractivity contribution is -0.127. The zero-order valence-electron chi connectivity index (χ0n) is 15.1. The molecule has 1 aliphatic rings. The van der Waals surface area contributed by atoms with Gasteiger partial charge in [0.1, 0.15) is 11.5 Å². The van der Waals surface area contributed by atoms with E-state index in [0.29, 0.717) is 30.4 Å². The van der Waals surface area contributed by atoms with Crippen LogP contribution in [0.15, 0.2) is 59.9 Å². The first kappa shape index (κ1) is 18.6. The Morgan fingerprint density at radius 2 is 2.11 bits per heavy atom. The van der Waals surface area contributed by atoms with Crippen LogP contribution in [0, 0.1) is 5.82 Å². The van der Waals surface area contributed by atoms with Crippen LogP contribution in [0.3, 0.4) is 0 Å². The minimum Gasteiger partial charge on any atom is -0.339 e. The van der Waals surface area contributed by atoms with Gasteiger partial charge < -0.3 is 9.47 Å². The highest BCUT2D eigenvalue weighted by molar-refractivity contribution is 9.10. The molecule has 0 saturated carbocycles. The fourth-order valence-electron chi connectivity index (χ4n) is 3.39. The summed E-state index contributed by atoms with van der Waals surface area (Å²) in [5.74, 6) is -0.448. The summed E-state index contributed by atoms with van der Waals surface area (Å²) < 4.78 is 18.7. The molecule has 0 aliphatic carbocycles. The second-order valence-electron chi connectivity index (χ2n) is 6.71. The Morgan fingerprint density at radius 3 is 2.75 bits per heavy atom. The summed E-state index contributed by atoms with van der Waals surface area (Å²) in [6.07, 6.45) is 13.8. The predicted molar refractivity (Wildman–Crippen MR) is 107 cm³/mol. The molecular weight excluding hydrogens is 425 g/mol. The summed E-state index contributed by atoms with van der Waals surface area (Å²) in [5.41, 5.74) is 0.991. The molecule has 2 aromatic heterocycles. The van der Waals surface area contributed by atoms with E-state index in [9.17, 15) is 9.18 Å². The third kappa shape index (κ3) is 4.06. The van der Waals surface area contributed by atoms with Crippen molar-refractivity contribution in [3.05, 3.63) is 71.2 Å². The number of benzene rings is 1. The van der Waals surface area contributed by atoms with Gasteiger partial charge in [0.25, 0.3) is 0 Å². The molecule has 28 heavy (non-hydrogen) atoms. The Morgan fingerprint density at radius 1 is 1.29 bits per heavy atom. The fourth-order valence-corrected chi connectivity index (χ4v) is 3.67. The second kappa shape index (κ2) is 8.10. The summed E-state index contributed by atoms with van der Waals surface area (Å²) in [5, 5.41) is 4.08. The molecule has 8 heteroatoms. The number of imidazole rings is 1. The molecule has 4 rings (SSSR count). The number of rotatable bonds is 4. The molecule has 1 aliphatic heterocycles. The van der Waals surface area contributed by atoms with Crippen LogP contribution in [-0.4, -0.2) is 43.2 Å². The third-order valence-corrected chi connectivity index (χ3v) is 5.32. The van der Waals surface area contributed by atoms with Crippen LogP contribution in [0.5, 0.6) is 0 Å². The standard InChI is InChI=1S/C20H19BrFN5O/c21-16-12-24-27(13-16)19-3-1-15(11-18(19)22)2-4-20(28)25-8-5-17(6-9-25)26-10-7-23-14-26/h1-4,7,10-14,17H,5-6,8-9H2/b4-2+. The first-order valence-electron chi connectivity index (χ1n) is 9.05. The van der Waals surface area contributed by atoms with E-state index in [1.165, 1.54) is 16.8 Å². The van der Waals surface area contributed by atoms with Gasteiger partial charge in [-0.25, -0.2) is 14.1 Å². The van der Waals surface area contributed by atoms with E-state index in [2.05, 4.69) is 30.6 Å². The average Bonchev–Trinajstić information content (AvgIpc) is 3.38. The lowest BCUT2D eigenvalue weighted by atomic mass is 10.0. The van der Waals surface area contributed by atoms with Crippen LogP contribution in [0.4, 0.5) is 4.39 Å². The Hall–Kier alpha value is -2.74. The Kier molecular flexibility index (Phi) is 5.38. The predicted octanol–water partition coefficient (Wildman–Crippen LogP) is 3.85. The summed E-state index contributed by atoms with van der Waals surface area (Å²) in [6.45, 7) is 1.40. The Balaban J connectivity index is 1.37. The average molecular weight is 444 g/mol. The summed E-state index contributed by atoms with van der Waals surface area (Å²) in [6, 6.07) is 5.21. The van der Waals surface area contributed by atoms with Crippen molar-refractivity contribution in [3.63, 3.8) is 0 Å². The quantitative estimate of drug-likeness (QED) is 0.575. The molecule has 1 amide bonds. The van der Waals surface area contributed by atoms with Gasteiger partial charge in [-0.05, 0) is 52.5 Å². The number of carbonyl (C=O) groups is 1. The Bertz CT molecular complexity index is 990. The third-order valence-electron chi connectivity index (χ3n) is 4.91. The largest absolute Gasteiger partial charge is 0.339 e. The molecule has 0 unspecified atom stereocenters. The van der Waals surface area contributed by atoms with Gasteiger partial charge in [-0.3, -0.25) is 4.79 Å². The topological polar surface area (TPSA) is 56.0 Å². The smallest absolute Gasteiger partial charge is 0.246 e. The molecule has 1 fully saturated rings. The molecule has 1 saturated heterocycles. The van der Waals surface area contributed by atoms with E-state index >= 15 is 0 Å². The lowest BCUT2D eigenvalue weighted by Gasteiger charge is -2.31. The van der Waals surface area contributed by atoms with Crippen molar-refractivity contribution in [3.8, 4) is 5.69 Å². The number of hydrogen-bond donors (Lipinski definition) is 0. The molecule has 0 atom stereocenters. The number of carbonyl (C=O) groups excluding carboxylic acids is 1. The number of hydrogen-bond acceptors (Lipinski definition) is 3. The molecule has 6 nitrogen and oxygen atoms in total. The fraction of sp³-hybridized carbons (Fsp3) is 0.250. The molecule has 0 radical (unpaired) electrons. The highest BCUT2D eigenvalue weighted by Crippen LogP contribution is 2.22. The van der Waals surface area contributed by atoms with Gasteiger partial charge in [-0.1, -0.05) is 6.07 Å². The SMILES string of the molecule is O=C(/C=C/c1ccc(-n2cc(Br)cn2)c(F)c1)N1CCC(n2ccnc2)CC1. The van der Waals surface area contributed by atoms with E-state index in [4.69, 9.17) is 0 Å². The van der Waals surface area contributed by atoms with E-state index in [0.717, 1.165) is 17.3 Å². The number of likely N-dealkylation sites (tertiary alicyclic amines) is 1. The van der Waals surface area contributed by atoms with Crippen molar-refractivity contribution in [1.82, 2.24) is 24.2 Å². The van der Waals surface area contributed by atoms with Gasteiger partial charge in [0.2, 0.25) is 5.91 Å². The van der Waals surface area contributed by atoms with Gasteiger partial charge in [-0.15, -0.1) is 0 Å². The molecule has 1 aromatic carbocycles. The van der Waals surface area contributed by atoms with E-state index < -0.39 is 5.82 Å². The molecule has 0 bridgehead atoms.